The van der Waals surface area contributed by atoms with Crippen LogP contribution in [0.5, 0.6) is 0 Å². The number of carbonyl (C=O) groups excluding carboxylic acids is 1. The average molecular weight is 301 g/mol. The van der Waals surface area contributed by atoms with Gasteiger partial charge in [-0.2, -0.15) is 0 Å². The second kappa shape index (κ2) is 5.88. The molecule has 1 aliphatic rings. The van der Waals surface area contributed by atoms with E-state index in [1.165, 1.54) is 10.9 Å². The number of aliphatic hydroxyl groups excluding tert-OH is 1. The van der Waals surface area contributed by atoms with Gasteiger partial charge < -0.3 is 10.4 Å². The van der Waals surface area contributed by atoms with Gasteiger partial charge in [0.1, 0.15) is 6.54 Å². The molecular weight excluding hydrogens is 282 g/mol. The van der Waals surface area contributed by atoms with Gasteiger partial charge in [-0.1, -0.05) is 25.0 Å². The number of nitrogens with one attached hydrogen (secondary N) is 1. The molecule has 0 saturated heterocycles. The van der Waals surface area contributed by atoms with Crippen LogP contribution in [0.1, 0.15) is 25.7 Å². The molecule has 1 aliphatic carbocycles. The molecule has 1 saturated carbocycles. The molecule has 1 heterocycles. The molecule has 6 nitrogen and oxygen atoms in total. The fourth-order valence-electron chi connectivity index (χ4n) is 3.08. The number of aliphatic hydroxyl groups is 1. The number of nitrogens with zero attached hydrogens (tertiary/aromatic N) is 2. The standard InChI is InChI=1S/C16H19N3O3/c20-10-16(7-3-4-8-16)18-14(21)9-19-11-17-13-6-2-1-5-12(13)15(19)22/h1-2,5-6,11,20H,3-4,7-10H2,(H,18,21). The molecule has 0 aliphatic heterocycles. The molecule has 6 heteroatoms. The summed E-state index contributed by atoms with van der Waals surface area (Å²) >= 11 is 0. The Hall–Kier alpha value is -2.21. The summed E-state index contributed by atoms with van der Waals surface area (Å²) in [5.74, 6) is -0.268. The van der Waals surface area contributed by atoms with Gasteiger partial charge in [0.2, 0.25) is 5.91 Å². The van der Waals surface area contributed by atoms with Crippen molar-refractivity contribution in [2.45, 2.75) is 37.8 Å². The van der Waals surface area contributed by atoms with Crippen molar-refractivity contribution in [3.63, 3.8) is 0 Å². The number of aromatic nitrogens is 2. The van der Waals surface area contributed by atoms with Crippen molar-refractivity contribution < 1.29 is 9.90 Å². The molecule has 0 unspecified atom stereocenters. The minimum absolute atomic E-state index is 0.0659. The van der Waals surface area contributed by atoms with E-state index in [2.05, 4.69) is 10.3 Å². The fourth-order valence-corrected chi connectivity index (χ4v) is 3.08. The monoisotopic (exact) mass is 301 g/mol. The van der Waals surface area contributed by atoms with E-state index in [1.807, 2.05) is 6.07 Å². The van der Waals surface area contributed by atoms with Crippen LogP contribution in [0.2, 0.25) is 0 Å². The highest BCUT2D eigenvalue weighted by Crippen LogP contribution is 2.28. The normalized spacial score (nSPS) is 16.8. The summed E-state index contributed by atoms with van der Waals surface area (Å²) < 4.78 is 1.30. The molecule has 116 valence electrons. The minimum Gasteiger partial charge on any atom is -0.394 e. The van der Waals surface area contributed by atoms with Crippen LogP contribution in [0.3, 0.4) is 0 Å². The van der Waals surface area contributed by atoms with E-state index in [0.29, 0.717) is 10.9 Å². The molecule has 22 heavy (non-hydrogen) atoms. The zero-order valence-corrected chi connectivity index (χ0v) is 12.3. The fraction of sp³-hybridized carbons (Fsp3) is 0.438. The van der Waals surface area contributed by atoms with Crippen LogP contribution in [0.15, 0.2) is 35.4 Å². The predicted octanol–water partition coefficient (Wildman–Crippen LogP) is 0.818. The number of fused-ring (bicyclic) bond motifs is 1. The van der Waals surface area contributed by atoms with E-state index in [-0.39, 0.29) is 24.6 Å². The first-order valence-corrected chi connectivity index (χ1v) is 7.50. The number of rotatable bonds is 4. The topological polar surface area (TPSA) is 84.2 Å². The highest BCUT2D eigenvalue weighted by atomic mass is 16.3. The van der Waals surface area contributed by atoms with Gasteiger partial charge in [0.25, 0.3) is 5.56 Å². The Labute approximate surface area is 127 Å². The van der Waals surface area contributed by atoms with Gasteiger partial charge in [-0.15, -0.1) is 0 Å². The van der Waals surface area contributed by atoms with Crippen molar-refractivity contribution in [1.29, 1.82) is 0 Å². The number of para-hydroxylation sites is 1. The molecule has 0 bridgehead atoms. The molecule has 2 aromatic rings. The number of hydrogen-bond acceptors (Lipinski definition) is 4. The van der Waals surface area contributed by atoms with E-state index in [4.69, 9.17) is 0 Å². The Morgan fingerprint density at radius 3 is 2.77 bits per heavy atom. The molecule has 1 amide bonds. The zero-order chi connectivity index (χ0) is 15.6. The summed E-state index contributed by atoms with van der Waals surface area (Å²) in [5, 5.41) is 12.9. The van der Waals surface area contributed by atoms with Gasteiger partial charge in [-0.05, 0) is 25.0 Å². The Bertz CT molecular complexity index is 748. The SMILES string of the molecule is O=C(Cn1cnc2ccccc2c1=O)NC1(CO)CCCC1. The van der Waals surface area contributed by atoms with Gasteiger partial charge in [0.15, 0.2) is 0 Å². The van der Waals surface area contributed by atoms with Crippen molar-refractivity contribution >= 4 is 16.8 Å². The molecular formula is C16H19N3O3. The maximum atomic E-state index is 12.3. The summed E-state index contributed by atoms with van der Waals surface area (Å²) in [4.78, 5) is 28.8. The largest absolute Gasteiger partial charge is 0.394 e. The van der Waals surface area contributed by atoms with Crippen molar-refractivity contribution in [2.75, 3.05) is 6.61 Å². The molecule has 2 N–H and O–H groups in total. The molecule has 1 fully saturated rings. The number of benzene rings is 1. The lowest BCUT2D eigenvalue weighted by molar-refractivity contribution is -0.124. The number of carbonyl (C=O) groups is 1. The predicted molar refractivity (Wildman–Crippen MR) is 82.4 cm³/mol. The summed E-state index contributed by atoms with van der Waals surface area (Å²) in [5.41, 5.74) is -0.137. The van der Waals surface area contributed by atoms with E-state index in [0.717, 1.165) is 25.7 Å². The van der Waals surface area contributed by atoms with Crippen molar-refractivity contribution in [2.24, 2.45) is 0 Å². The van der Waals surface area contributed by atoms with Crippen LogP contribution >= 0.6 is 0 Å². The Morgan fingerprint density at radius 2 is 2.05 bits per heavy atom. The molecule has 3 rings (SSSR count). The van der Waals surface area contributed by atoms with Gasteiger partial charge in [-0.25, -0.2) is 4.98 Å². The van der Waals surface area contributed by atoms with Crippen LogP contribution in [0, 0.1) is 0 Å². The van der Waals surface area contributed by atoms with E-state index in [9.17, 15) is 14.7 Å². The molecule has 0 atom stereocenters. The highest BCUT2D eigenvalue weighted by Gasteiger charge is 2.34. The lowest BCUT2D eigenvalue weighted by Crippen LogP contribution is -2.50. The van der Waals surface area contributed by atoms with Crippen molar-refractivity contribution in [3.05, 3.63) is 40.9 Å². The Morgan fingerprint density at radius 1 is 1.32 bits per heavy atom. The van der Waals surface area contributed by atoms with Gasteiger partial charge >= 0.3 is 0 Å². The third-order valence-corrected chi connectivity index (χ3v) is 4.31. The summed E-state index contributed by atoms with van der Waals surface area (Å²) in [6, 6.07) is 7.05. The maximum absolute atomic E-state index is 12.3. The van der Waals surface area contributed by atoms with Crippen LogP contribution in [0.25, 0.3) is 10.9 Å². The third-order valence-electron chi connectivity index (χ3n) is 4.31. The quantitative estimate of drug-likeness (QED) is 0.875. The second-order valence-corrected chi connectivity index (χ2v) is 5.89. The molecule has 0 spiro atoms. The molecule has 1 aromatic heterocycles. The third kappa shape index (κ3) is 2.74. The number of hydrogen-bond donors (Lipinski definition) is 2. The Kier molecular flexibility index (Phi) is 3.94. The second-order valence-electron chi connectivity index (χ2n) is 5.89. The van der Waals surface area contributed by atoms with Crippen molar-refractivity contribution in [3.8, 4) is 0 Å². The number of amides is 1. The first-order chi connectivity index (χ1) is 10.6. The summed E-state index contributed by atoms with van der Waals surface area (Å²) in [6.07, 6.45) is 4.95. The molecule has 1 aromatic carbocycles. The van der Waals surface area contributed by atoms with Gasteiger partial charge in [0.05, 0.1) is 29.4 Å². The average Bonchev–Trinajstić information content (AvgIpc) is 2.99. The lowest BCUT2D eigenvalue weighted by Gasteiger charge is -2.28. The van der Waals surface area contributed by atoms with Crippen LogP contribution in [0.4, 0.5) is 0 Å². The minimum atomic E-state index is -0.523. The van der Waals surface area contributed by atoms with E-state index in [1.54, 1.807) is 18.2 Å². The summed E-state index contributed by atoms with van der Waals surface area (Å²) in [7, 11) is 0. The van der Waals surface area contributed by atoms with Crippen LogP contribution in [-0.2, 0) is 11.3 Å². The molecule has 0 radical (unpaired) electrons. The van der Waals surface area contributed by atoms with Crippen LogP contribution < -0.4 is 10.9 Å². The van der Waals surface area contributed by atoms with Crippen molar-refractivity contribution in [1.82, 2.24) is 14.9 Å². The summed E-state index contributed by atoms with van der Waals surface area (Å²) in [6.45, 7) is -0.151. The van der Waals surface area contributed by atoms with Gasteiger partial charge in [-0.3, -0.25) is 14.2 Å². The van der Waals surface area contributed by atoms with Crippen LogP contribution in [-0.4, -0.2) is 32.7 Å². The van der Waals surface area contributed by atoms with E-state index < -0.39 is 5.54 Å². The lowest BCUT2D eigenvalue weighted by atomic mass is 9.99. The van der Waals surface area contributed by atoms with Gasteiger partial charge in [0, 0.05) is 0 Å². The Balaban J connectivity index is 1.79. The smallest absolute Gasteiger partial charge is 0.261 e. The highest BCUT2D eigenvalue weighted by molar-refractivity contribution is 5.79. The first kappa shape index (κ1) is 14.7. The maximum Gasteiger partial charge on any atom is 0.261 e. The zero-order valence-electron chi connectivity index (χ0n) is 12.3. The van der Waals surface area contributed by atoms with E-state index >= 15 is 0 Å². The first-order valence-electron chi connectivity index (χ1n) is 7.50.